The number of esters is 1. The number of aliphatic hydroxyl groups excluding tert-OH is 1. The molecule has 0 fully saturated rings. The van der Waals surface area contributed by atoms with Crippen LogP contribution in [-0.2, 0) is 14.3 Å². The van der Waals surface area contributed by atoms with E-state index in [0.717, 1.165) is 0 Å². The summed E-state index contributed by atoms with van der Waals surface area (Å²) < 4.78 is 20.4. The van der Waals surface area contributed by atoms with Gasteiger partial charge in [0.25, 0.3) is 0 Å². The number of rotatable bonds is 5. The van der Waals surface area contributed by atoms with Gasteiger partial charge in [0, 0.05) is 0 Å². The Kier molecular flexibility index (Phi) is 4.14. The number of cyclic esters (lactones) is 1. The van der Waals surface area contributed by atoms with Crippen molar-refractivity contribution in [2.75, 3.05) is 21.3 Å². The number of carbonyl (C=O) groups is 1. The van der Waals surface area contributed by atoms with Gasteiger partial charge in [-0.05, 0) is 17.7 Å². The number of aliphatic hydroxyl groups is 1. The maximum absolute atomic E-state index is 11.2. The van der Waals surface area contributed by atoms with Gasteiger partial charge in [-0.15, -0.1) is 0 Å². The average Bonchev–Trinajstić information content (AvgIpc) is 2.86. The fourth-order valence-corrected chi connectivity index (χ4v) is 2.02. The molecule has 6 heteroatoms. The zero-order chi connectivity index (χ0) is 14.7. The first kappa shape index (κ1) is 14.2. The van der Waals surface area contributed by atoms with Crippen LogP contribution in [0.5, 0.6) is 11.5 Å². The molecule has 0 unspecified atom stereocenters. The van der Waals surface area contributed by atoms with Gasteiger partial charge in [0.2, 0.25) is 0 Å². The number of carbonyl (C=O) groups excluding carboxylic acids is 1. The Morgan fingerprint density at radius 1 is 1.15 bits per heavy atom. The van der Waals surface area contributed by atoms with Crippen molar-refractivity contribution < 1.29 is 28.8 Å². The standard InChI is InChI=1S/C14H16O6/c1-17-9-5-4-8(6-10(9)18-2)13(16)14-11(19-3)7-12(15)20-14/h4-7,13-14,16H,1-3H3/t13-,14+/m0/s1. The number of hydrogen-bond acceptors (Lipinski definition) is 6. The van der Waals surface area contributed by atoms with Gasteiger partial charge in [-0.1, -0.05) is 6.07 Å². The lowest BCUT2D eigenvalue weighted by atomic mass is 10.0. The Bertz CT molecular complexity index is 536. The highest BCUT2D eigenvalue weighted by atomic mass is 16.6. The fraction of sp³-hybridized carbons (Fsp3) is 0.357. The van der Waals surface area contributed by atoms with Gasteiger partial charge in [0.05, 0.1) is 27.4 Å². The first-order chi connectivity index (χ1) is 9.60. The molecule has 20 heavy (non-hydrogen) atoms. The molecule has 0 aliphatic carbocycles. The van der Waals surface area contributed by atoms with Crippen LogP contribution in [0, 0.1) is 0 Å². The summed E-state index contributed by atoms with van der Waals surface area (Å²) in [5, 5.41) is 10.3. The normalized spacial score (nSPS) is 19.1. The summed E-state index contributed by atoms with van der Waals surface area (Å²) in [6.45, 7) is 0. The number of hydrogen-bond donors (Lipinski definition) is 1. The molecule has 0 amide bonds. The van der Waals surface area contributed by atoms with E-state index < -0.39 is 18.2 Å². The molecule has 0 saturated carbocycles. The zero-order valence-electron chi connectivity index (χ0n) is 11.5. The Balaban J connectivity index is 2.27. The van der Waals surface area contributed by atoms with E-state index in [1.54, 1.807) is 18.2 Å². The Labute approximate surface area is 116 Å². The Morgan fingerprint density at radius 3 is 2.45 bits per heavy atom. The molecule has 0 aromatic heterocycles. The predicted octanol–water partition coefficient (Wildman–Crippen LogP) is 1.19. The smallest absolute Gasteiger partial charge is 0.335 e. The van der Waals surface area contributed by atoms with Gasteiger partial charge in [-0.2, -0.15) is 0 Å². The summed E-state index contributed by atoms with van der Waals surface area (Å²) in [5.74, 6) is 0.786. The lowest BCUT2D eigenvalue weighted by molar-refractivity contribution is -0.144. The van der Waals surface area contributed by atoms with Gasteiger partial charge in [0.1, 0.15) is 11.9 Å². The number of benzene rings is 1. The highest BCUT2D eigenvalue weighted by Gasteiger charge is 2.35. The van der Waals surface area contributed by atoms with E-state index in [-0.39, 0.29) is 5.76 Å². The highest BCUT2D eigenvalue weighted by molar-refractivity contribution is 5.85. The maximum Gasteiger partial charge on any atom is 0.335 e. The topological polar surface area (TPSA) is 74.2 Å². The van der Waals surface area contributed by atoms with Crippen molar-refractivity contribution >= 4 is 5.97 Å². The van der Waals surface area contributed by atoms with Gasteiger partial charge in [0.15, 0.2) is 17.6 Å². The first-order valence-corrected chi connectivity index (χ1v) is 5.97. The fourth-order valence-electron chi connectivity index (χ4n) is 2.02. The Morgan fingerprint density at radius 2 is 1.85 bits per heavy atom. The second-order valence-corrected chi connectivity index (χ2v) is 4.17. The van der Waals surface area contributed by atoms with Crippen LogP contribution in [0.4, 0.5) is 0 Å². The van der Waals surface area contributed by atoms with Crippen LogP contribution < -0.4 is 9.47 Å². The zero-order valence-corrected chi connectivity index (χ0v) is 11.5. The molecule has 1 aromatic rings. The van der Waals surface area contributed by atoms with E-state index in [1.165, 1.54) is 27.4 Å². The molecule has 2 rings (SSSR count). The van der Waals surface area contributed by atoms with Crippen molar-refractivity contribution in [2.24, 2.45) is 0 Å². The van der Waals surface area contributed by atoms with Gasteiger partial charge in [-0.25, -0.2) is 4.79 Å². The van der Waals surface area contributed by atoms with Gasteiger partial charge < -0.3 is 24.1 Å². The summed E-state index contributed by atoms with van der Waals surface area (Å²) in [6, 6.07) is 4.97. The summed E-state index contributed by atoms with van der Waals surface area (Å²) in [7, 11) is 4.45. The number of ether oxygens (including phenoxy) is 4. The van der Waals surface area contributed by atoms with Crippen LogP contribution in [-0.4, -0.2) is 38.5 Å². The molecule has 108 valence electrons. The lowest BCUT2D eigenvalue weighted by Crippen LogP contribution is -2.22. The summed E-state index contributed by atoms with van der Waals surface area (Å²) in [5.41, 5.74) is 0.533. The highest BCUT2D eigenvalue weighted by Crippen LogP contribution is 2.34. The second kappa shape index (κ2) is 5.83. The maximum atomic E-state index is 11.2. The molecule has 6 nitrogen and oxygen atoms in total. The SMILES string of the molecule is COC1=CC(=O)O[C@H]1[C@@H](O)c1ccc(OC)c(OC)c1. The molecular formula is C14H16O6. The van der Waals surface area contributed by atoms with Crippen LogP contribution >= 0.6 is 0 Å². The molecule has 1 heterocycles. The van der Waals surface area contributed by atoms with Crippen molar-refractivity contribution in [1.29, 1.82) is 0 Å². The van der Waals surface area contributed by atoms with Crippen molar-refractivity contribution in [3.8, 4) is 11.5 Å². The van der Waals surface area contributed by atoms with Crippen LogP contribution in [0.25, 0.3) is 0 Å². The van der Waals surface area contributed by atoms with Gasteiger partial charge >= 0.3 is 5.97 Å². The third-order valence-corrected chi connectivity index (χ3v) is 3.06. The lowest BCUT2D eigenvalue weighted by Gasteiger charge is -2.20. The van der Waals surface area contributed by atoms with Crippen molar-refractivity contribution in [2.45, 2.75) is 12.2 Å². The van der Waals surface area contributed by atoms with Crippen molar-refractivity contribution in [3.63, 3.8) is 0 Å². The molecule has 0 bridgehead atoms. The van der Waals surface area contributed by atoms with Crippen LogP contribution in [0.1, 0.15) is 11.7 Å². The average molecular weight is 280 g/mol. The van der Waals surface area contributed by atoms with Crippen LogP contribution in [0.3, 0.4) is 0 Å². The summed E-state index contributed by atoms with van der Waals surface area (Å²) in [6.07, 6.45) is -0.688. The minimum Gasteiger partial charge on any atom is -0.497 e. The third kappa shape index (κ3) is 2.55. The minimum absolute atomic E-state index is 0.289. The molecule has 1 aliphatic rings. The van der Waals surface area contributed by atoms with E-state index in [2.05, 4.69) is 0 Å². The van der Waals surface area contributed by atoms with E-state index in [4.69, 9.17) is 18.9 Å². The molecule has 0 radical (unpaired) electrons. The molecule has 1 aromatic carbocycles. The minimum atomic E-state index is -1.05. The van der Waals surface area contributed by atoms with E-state index >= 15 is 0 Å². The summed E-state index contributed by atoms with van der Waals surface area (Å²) >= 11 is 0. The van der Waals surface area contributed by atoms with E-state index in [9.17, 15) is 9.90 Å². The monoisotopic (exact) mass is 280 g/mol. The van der Waals surface area contributed by atoms with E-state index in [0.29, 0.717) is 17.1 Å². The van der Waals surface area contributed by atoms with Crippen LogP contribution in [0.15, 0.2) is 30.0 Å². The molecule has 0 spiro atoms. The number of methoxy groups -OCH3 is 3. The molecule has 0 saturated heterocycles. The predicted molar refractivity (Wildman–Crippen MR) is 69.5 cm³/mol. The van der Waals surface area contributed by atoms with Crippen molar-refractivity contribution in [3.05, 3.63) is 35.6 Å². The summed E-state index contributed by atoms with van der Waals surface area (Å²) in [4.78, 5) is 11.2. The van der Waals surface area contributed by atoms with Crippen LogP contribution in [0.2, 0.25) is 0 Å². The first-order valence-electron chi connectivity index (χ1n) is 5.97. The molecule has 1 aliphatic heterocycles. The molecule has 2 atom stereocenters. The van der Waals surface area contributed by atoms with Crippen molar-refractivity contribution in [1.82, 2.24) is 0 Å². The van der Waals surface area contributed by atoms with Gasteiger partial charge in [-0.3, -0.25) is 0 Å². The molecule has 1 N–H and O–H groups in total. The largest absolute Gasteiger partial charge is 0.497 e. The molecular weight excluding hydrogens is 264 g/mol. The quantitative estimate of drug-likeness (QED) is 0.817. The van der Waals surface area contributed by atoms with E-state index in [1.807, 2.05) is 0 Å². The second-order valence-electron chi connectivity index (χ2n) is 4.17. The Hall–Kier alpha value is -2.21. The third-order valence-electron chi connectivity index (χ3n) is 3.06.